The summed E-state index contributed by atoms with van der Waals surface area (Å²) in [6, 6.07) is 5.54. The third-order valence-electron chi connectivity index (χ3n) is 3.09. The molecule has 7 heteroatoms. The van der Waals surface area contributed by atoms with E-state index in [0.717, 1.165) is 5.69 Å². The summed E-state index contributed by atoms with van der Waals surface area (Å²) in [5.41, 5.74) is 0.872. The number of aromatic nitrogens is 1. The van der Waals surface area contributed by atoms with Crippen molar-refractivity contribution in [3.63, 3.8) is 0 Å². The molecule has 1 fully saturated rings. The zero-order valence-electron chi connectivity index (χ0n) is 10.3. The molecule has 1 amide bonds. The van der Waals surface area contributed by atoms with Gasteiger partial charge < -0.3 is 4.90 Å². The van der Waals surface area contributed by atoms with E-state index in [0.29, 0.717) is 19.5 Å². The fraction of sp³-hybridized carbons (Fsp3) is 0.500. The SMILES string of the molecule is O=C1CC(CS(=O)(=O)F)CN1CCc1ccccn1. The molecule has 1 saturated heterocycles. The van der Waals surface area contributed by atoms with Crippen LogP contribution >= 0.6 is 0 Å². The number of carbonyl (C=O) groups is 1. The summed E-state index contributed by atoms with van der Waals surface area (Å²) in [7, 11) is -4.51. The minimum atomic E-state index is -4.51. The largest absolute Gasteiger partial charge is 0.342 e. The van der Waals surface area contributed by atoms with Gasteiger partial charge in [0.2, 0.25) is 5.91 Å². The van der Waals surface area contributed by atoms with E-state index in [4.69, 9.17) is 0 Å². The number of nitrogens with zero attached hydrogens (tertiary/aromatic N) is 2. The van der Waals surface area contributed by atoms with Crippen LogP contribution in [0.3, 0.4) is 0 Å². The van der Waals surface area contributed by atoms with E-state index in [2.05, 4.69) is 4.98 Å². The third kappa shape index (κ3) is 4.27. The average molecular weight is 286 g/mol. The number of rotatable bonds is 5. The van der Waals surface area contributed by atoms with Crippen molar-refractivity contribution in [1.82, 2.24) is 9.88 Å². The lowest BCUT2D eigenvalue weighted by molar-refractivity contribution is -0.127. The Morgan fingerprint density at radius 1 is 1.42 bits per heavy atom. The standard InChI is InChI=1S/C12H15FN2O3S/c13-19(17,18)9-10-7-12(16)15(8-10)6-4-11-3-1-2-5-14-11/h1-3,5,10H,4,6-9H2. The smallest absolute Gasteiger partial charge is 0.302 e. The Labute approximate surface area is 111 Å². The Hall–Kier alpha value is -1.50. The van der Waals surface area contributed by atoms with Gasteiger partial charge in [-0.05, 0) is 12.1 Å². The zero-order chi connectivity index (χ0) is 13.9. The number of pyridine rings is 1. The molecule has 0 N–H and O–H groups in total. The first kappa shape index (κ1) is 13.9. The second-order valence-electron chi connectivity index (χ2n) is 4.69. The van der Waals surface area contributed by atoms with Crippen molar-refractivity contribution in [2.45, 2.75) is 12.8 Å². The Balaban J connectivity index is 1.87. The minimum Gasteiger partial charge on any atom is -0.342 e. The quantitative estimate of drug-likeness (QED) is 0.750. The van der Waals surface area contributed by atoms with Crippen LogP contribution in [0.5, 0.6) is 0 Å². The van der Waals surface area contributed by atoms with Gasteiger partial charge in [-0.25, -0.2) is 0 Å². The van der Waals surface area contributed by atoms with Gasteiger partial charge >= 0.3 is 10.2 Å². The predicted molar refractivity (Wildman–Crippen MR) is 67.5 cm³/mol. The van der Waals surface area contributed by atoms with Crippen LogP contribution in [0.25, 0.3) is 0 Å². The maximum Gasteiger partial charge on any atom is 0.302 e. The minimum absolute atomic E-state index is 0.103. The molecule has 104 valence electrons. The van der Waals surface area contributed by atoms with Gasteiger partial charge in [-0.1, -0.05) is 6.07 Å². The van der Waals surface area contributed by atoms with Gasteiger partial charge in [-0.2, -0.15) is 8.42 Å². The molecule has 2 rings (SSSR count). The van der Waals surface area contributed by atoms with Gasteiger partial charge in [0.25, 0.3) is 0 Å². The molecule has 1 aromatic rings. The van der Waals surface area contributed by atoms with Crippen LogP contribution in [0.4, 0.5) is 3.89 Å². The number of hydrogen-bond acceptors (Lipinski definition) is 4. The van der Waals surface area contributed by atoms with Crippen molar-refractivity contribution in [1.29, 1.82) is 0 Å². The molecule has 1 aromatic heterocycles. The highest BCUT2D eigenvalue weighted by atomic mass is 32.3. The first-order valence-electron chi connectivity index (χ1n) is 6.04. The summed E-state index contributed by atoms with van der Waals surface area (Å²) in [4.78, 5) is 17.4. The molecule has 0 spiro atoms. The van der Waals surface area contributed by atoms with E-state index in [-0.39, 0.29) is 12.3 Å². The normalized spacial score (nSPS) is 19.9. The van der Waals surface area contributed by atoms with E-state index in [1.165, 1.54) is 0 Å². The van der Waals surface area contributed by atoms with Crippen molar-refractivity contribution in [3.8, 4) is 0 Å². The van der Waals surface area contributed by atoms with Crippen LogP contribution in [0.15, 0.2) is 24.4 Å². The maximum absolute atomic E-state index is 12.6. The van der Waals surface area contributed by atoms with Crippen LogP contribution in [0.1, 0.15) is 12.1 Å². The summed E-state index contributed by atoms with van der Waals surface area (Å²) >= 11 is 0. The first-order valence-corrected chi connectivity index (χ1v) is 7.59. The number of amides is 1. The fourth-order valence-corrected chi connectivity index (χ4v) is 3.05. The third-order valence-corrected chi connectivity index (χ3v) is 3.96. The Kier molecular flexibility index (Phi) is 4.14. The van der Waals surface area contributed by atoms with Crippen LogP contribution < -0.4 is 0 Å². The molecule has 0 saturated carbocycles. The Morgan fingerprint density at radius 3 is 2.84 bits per heavy atom. The number of hydrogen-bond donors (Lipinski definition) is 0. The topological polar surface area (TPSA) is 67.3 Å². The van der Waals surface area contributed by atoms with Crippen LogP contribution in [-0.4, -0.2) is 43.1 Å². The van der Waals surface area contributed by atoms with Gasteiger partial charge in [0.1, 0.15) is 0 Å². The van der Waals surface area contributed by atoms with E-state index in [1.54, 1.807) is 11.1 Å². The molecule has 2 heterocycles. The van der Waals surface area contributed by atoms with Gasteiger partial charge in [0.05, 0.1) is 5.75 Å². The first-order chi connectivity index (χ1) is 8.94. The Morgan fingerprint density at radius 2 is 2.21 bits per heavy atom. The monoisotopic (exact) mass is 286 g/mol. The summed E-state index contributed by atoms with van der Waals surface area (Å²) < 4.78 is 33.7. The molecular formula is C12H15FN2O3S. The highest BCUT2D eigenvalue weighted by Crippen LogP contribution is 2.20. The van der Waals surface area contributed by atoms with Gasteiger partial charge in [-0.15, -0.1) is 3.89 Å². The molecule has 0 radical (unpaired) electrons. The molecule has 1 unspecified atom stereocenters. The zero-order valence-corrected chi connectivity index (χ0v) is 11.1. The van der Waals surface area contributed by atoms with E-state index in [1.807, 2.05) is 18.2 Å². The van der Waals surface area contributed by atoms with Crippen LogP contribution in [-0.2, 0) is 21.4 Å². The Bertz CT molecular complexity index is 547. The van der Waals surface area contributed by atoms with Crippen molar-refractivity contribution in [2.75, 3.05) is 18.8 Å². The van der Waals surface area contributed by atoms with E-state index >= 15 is 0 Å². The van der Waals surface area contributed by atoms with Gasteiger partial charge in [0, 0.05) is 43.7 Å². The summed E-state index contributed by atoms with van der Waals surface area (Å²) in [5.74, 6) is -1.13. The molecule has 5 nitrogen and oxygen atoms in total. The highest BCUT2D eigenvalue weighted by molar-refractivity contribution is 7.86. The fourth-order valence-electron chi connectivity index (χ4n) is 2.26. The summed E-state index contributed by atoms with van der Waals surface area (Å²) in [5, 5.41) is 0. The lowest BCUT2D eigenvalue weighted by Crippen LogP contribution is -2.28. The lowest BCUT2D eigenvalue weighted by Gasteiger charge is -2.15. The average Bonchev–Trinajstić information content (AvgIpc) is 2.66. The highest BCUT2D eigenvalue weighted by Gasteiger charge is 2.32. The number of carbonyl (C=O) groups excluding carboxylic acids is 1. The molecule has 0 aromatic carbocycles. The number of likely N-dealkylation sites (tertiary alicyclic amines) is 1. The van der Waals surface area contributed by atoms with E-state index < -0.39 is 21.9 Å². The van der Waals surface area contributed by atoms with Crippen molar-refractivity contribution < 1.29 is 17.1 Å². The van der Waals surface area contributed by atoms with E-state index in [9.17, 15) is 17.1 Å². The molecular weight excluding hydrogens is 271 g/mol. The maximum atomic E-state index is 12.6. The summed E-state index contributed by atoms with van der Waals surface area (Å²) in [6.45, 7) is 0.785. The van der Waals surface area contributed by atoms with Crippen molar-refractivity contribution >= 4 is 16.1 Å². The second-order valence-corrected chi connectivity index (χ2v) is 6.10. The van der Waals surface area contributed by atoms with Gasteiger partial charge in [-0.3, -0.25) is 9.78 Å². The van der Waals surface area contributed by atoms with Crippen molar-refractivity contribution in [3.05, 3.63) is 30.1 Å². The lowest BCUT2D eigenvalue weighted by atomic mass is 10.1. The number of halogens is 1. The molecule has 0 aliphatic carbocycles. The molecule has 1 aliphatic heterocycles. The molecule has 0 bridgehead atoms. The van der Waals surface area contributed by atoms with Gasteiger partial charge in [0.15, 0.2) is 0 Å². The second kappa shape index (κ2) is 5.64. The van der Waals surface area contributed by atoms with Crippen LogP contribution in [0, 0.1) is 5.92 Å². The summed E-state index contributed by atoms with van der Waals surface area (Å²) in [6.07, 6.45) is 2.40. The van der Waals surface area contributed by atoms with Crippen molar-refractivity contribution in [2.24, 2.45) is 5.92 Å². The van der Waals surface area contributed by atoms with Crippen LogP contribution in [0.2, 0.25) is 0 Å². The molecule has 1 aliphatic rings. The molecule has 19 heavy (non-hydrogen) atoms. The molecule has 1 atom stereocenters. The predicted octanol–water partition coefficient (Wildman–Crippen LogP) is 0.772.